The molecular formula is C11H21N. The Morgan fingerprint density at radius 1 is 1.17 bits per heavy atom. The van der Waals surface area contributed by atoms with E-state index in [0.29, 0.717) is 5.41 Å². The highest BCUT2D eigenvalue weighted by Crippen LogP contribution is 2.56. The smallest absolute Gasteiger partial charge is 0.00476 e. The van der Waals surface area contributed by atoms with Crippen molar-refractivity contribution in [1.82, 2.24) is 4.90 Å². The van der Waals surface area contributed by atoms with Gasteiger partial charge in [0.25, 0.3) is 0 Å². The lowest BCUT2D eigenvalue weighted by Crippen LogP contribution is -2.62. The molecule has 0 radical (unpaired) electrons. The van der Waals surface area contributed by atoms with Crippen molar-refractivity contribution in [2.45, 2.75) is 33.6 Å². The number of hydrogen-bond donors (Lipinski definition) is 0. The summed E-state index contributed by atoms with van der Waals surface area (Å²) in [6.45, 7) is 9.87. The van der Waals surface area contributed by atoms with Crippen LogP contribution in [-0.4, -0.2) is 25.0 Å². The molecule has 0 unspecified atom stereocenters. The van der Waals surface area contributed by atoms with Crippen LogP contribution in [0.3, 0.4) is 0 Å². The van der Waals surface area contributed by atoms with E-state index >= 15 is 0 Å². The van der Waals surface area contributed by atoms with E-state index in [0.717, 1.165) is 11.3 Å². The van der Waals surface area contributed by atoms with Gasteiger partial charge in [0.2, 0.25) is 0 Å². The SMILES string of the molecule is CN1CC2(CC(C(C)(C)C)C2)C1. The van der Waals surface area contributed by atoms with Gasteiger partial charge in [0.15, 0.2) is 0 Å². The van der Waals surface area contributed by atoms with Crippen molar-refractivity contribution in [3.8, 4) is 0 Å². The molecule has 1 heterocycles. The van der Waals surface area contributed by atoms with Crippen LogP contribution in [0.25, 0.3) is 0 Å². The van der Waals surface area contributed by atoms with E-state index in [1.54, 1.807) is 0 Å². The summed E-state index contributed by atoms with van der Waals surface area (Å²) in [7, 11) is 2.23. The minimum absolute atomic E-state index is 0.555. The topological polar surface area (TPSA) is 3.24 Å². The highest BCUT2D eigenvalue weighted by Gasteiger charge is 2.53. The molecule has 2 aliphatic rings. The standard InChI is InChI=1S/C11H21N/c1-10(2,3)9-5-11(6-9)7-12(4)8-11/h9H,5-8H2,1-4H3. The van der Waals surface area contributed by atoms with Gasteiger partial charge in [0.1, 0.15) is 0 Å². The molecule has 0 N–H and O–H groups in total. The zero-order valence-corrected chi connectivity index (χ0v) is 8.85. The van der Waals surface area contributed by atoms with Crippen molar-refractivity contribution in [3.05, 3.63) is 0 Å². The minimum atomic E-state index is 0.555. The summed E-state index contributed by atoms with van der Waals surface area (Å²) >= 11 is 0. The zero-order valence-electron chi connectivity index (χ0n) is 8.85. The van der Waals surface area contributed by atoms with E-state index in [4.69, 9.17) is 0 Å². The summed E-state index contributed by atoms with van der Waals surface area (Å²) in [6.07, 6.45) is 2.97. The van der Waals surface area contributed by atoms with Crippen molar-refractivity contribution < 1.29 is 0 Å². The lowest BCUT2D eigenvalue weighted by atomic mass is 9.52. The third-order valence-corrected chi connectivity index (χ3v) is 3.79. The second-order valence-electron chi connectivity index (χ2n) is 6.14. The molecule has 0 aromatic rings. The van der Waals surface area contributed by atoms with E-state index in [9.17, 15) is 0 Å². The molecule has 2 fully saturated rings. The molecule has 12 heavy (non-hydrogen) atoms. The molecule has 1 aliphatic heterocycles. The summed E-state index contributed by atoms with van der Waals surface area (Å²) in [6, 6.07) is 0. The Balaban J connectivity index is 1.85. The fourth-order valence-corrected chi connectivity index (χ4v) is 2.96. The summed E-state index contributed by atoms with van der Waals surface area (Å²) in [5.41, 5.74) is 1.33. The third kappa shape index (κ3) is 1.19. The Kier molecular flexibility index (Phi) is 1.61. The van der Waals surface area contributed by atoms with E-state index < -0.39 is 0 Å². The fraction of sp³-hybridized carbons (Fsp3) is 1.00. The van der Waals surface area contributed by atoms with E-state index in [-0.39, 0.29) is 0 Å². The van der Waals surface area contributed by atoms with Gasteiger partial charge in [-0.15, -0.1) is 0 Å². The van der Waals surface area contributed by atoms with Gasteiger partial charge in [-0.25, -0.2) is 0 Å². The lowest BCUT2D eigenvalue weighted by molar-refractivity contribution is -0.112. The van der Waals surface area contributed by atoms with Gasteiger partial charge < -0.3 is 4.90 Å². The number of nitrogens with zero attached hydrogens (tertiary/aromatic N) is 1. The Bertz CT molecular complexity index is 176. The van der Waals surface area contributed by atoms with E-state index in [2.05, 4.69) is 32.7 Å². The minimum Gasteiger partial charge on any atom is -0.305 e. The quantitative estimate of drug-likeness (QED) is 0.535. The van der Waals surface area contributed by atoms with Crippen molar-refractivity contribution in [3.63, 3.8) is 0 Å². The predicted molar refractivity (Wildman–Crippen MR) is 52.1 cm³/mol. The highest BCUT2D eigenvalue weighted by molar-refractivity contribution is 5.05. The van der Waals surface area contributed by atoms with Gasteiger partial charge in [-0.05, 0) is 36.6 Å². The molecule has 0 aromatic carbocycles. The second-order valence-corrected chi connectivity index (χ2v) is 6.14. The summed E-state index contributed by atoms with van der Waals surface area (Å²) in [4.78, 5) is 2.44. The van der Waals surface area contributed by atoms with Crippen molar-refractivity contribution >= 4 is 0 Å². The van der Waals surface area contributed by atoms with Gasteiger partial charge in [0, 0.05) is 13.1 Å². The summed E-state index contributed by atoms with van der Waals surface area (Å²) < 4.78 is 0. The van der Waals surface area contributed by atoms with Crippen LogP contribution in [0.1, 0.15) is 33.6 Å². The third-order valence-electron chi connectivity index (χ3n) is 3.79. The van der Waals surface area contributed by atoms with Crippen molar-refractivity contribution in [2.24, 2.45) is 16.7 Å². The van der Waals surface area contributed by atoms with Gasteiger partial charge in [-0.2, -0.15) is 0 Å². The molecule has 0 amide bonds. The van der Waals surface area contributed by atoms with Crippen LogP contribution in [0.15, 0.2) is 0 Å². The second kappa shape index (κ2) is 2.25. The molecule has 70 valence electrons. The fourth-order valence-electron chi connectivity index (χ4n) is 2.96. The Morgan fingerprint density at radius 2 is 1.67 bits per heavy atom. The number of hydrogen-bond acceptors (Lipinski definition) is 1. The number of rotatable bonds is 0. The van der Waals surface area contributed by atoms with E-state index in [1.807, 2.05) is 0 Å². The van der Waals surface area contributed by atoms with Crippen LogP contribution >= 0.6 is 0 Å². The van der Waals surface area contributed by atoms with Crippen molar-refractivity contribution in [2.75, 3.05) is 20.1 Å². The van der Waals surface area contributed by atoms with E-state index in [1.165, 1.54) is 25.9 Å². The molecule has 1 saturated heterocycles. The average Bonchev–Trinajstić information content (AvgIpc) is 1.71. The molecule has 1 nitrogen and oxygen atoms in total. The first-order chi connectivity index (χ1) is 5.41. The monoisotopic (exact) mass is 167 g/mol. The molecule has 1 aliphatic carbocycles. The summed E-state index contributed by atoms with van der Waals surface area (Å²) in [5, 5.41) is 0. The molecule has 0 bridgehead atoms. The van der Waals surface area contributed by atoms with Gasteiger partial charge in [0.05, 0.1) is 0 Å². The first kappa shape index (κ1) is 8.55. The Hall–Kier alpha value is -0.0400. The molecule has 1 spiro atoms. The molecule has 0 atom stereocenters. The Morgan fingerprint density at radius 3 is 2.00 bits per heavy atom. The highest BCUT2D eigenvalue weighted by atomic mass is 15.2. The Labute approximate surface area is 76.1 Å². The number of likely N-dealkylation sites (tertiary alicyclic amines) is 1. The van der Waals surface area contributed by atoms with Crippen LogP contribution in [0, 0.1) is 16.7 Å². The van der Waals surface area contributed by atoms with Crippen LogP contribution in [0.4, 0.5) is 0 Å². The van der Waals surface area contributed by atoms with Crippen molar-refractivity contribution in [1.29, 1.82) is 0 Å². The maximum atomic E-state index is 2.44. The maximum Gasteiger partial charge on any atom is 0.00476 e. The zero-order chi connectivity index (χ0) is 8.98. The molecule has 1 heteroatoms. The van der Waals surface area contributed by atoms with Crippen LogP contribution < -0.4 is 0 Å². The lowest BCUT2D eigenvalue weighted by Gasteiger charge is -2.61. The molecule has 1 saturated carbocycles. The first-order valence-electron chi connectivity index (χ1n) is 5.10. The normalized spacial score (nSPS) is 30.0. The van der Waals surface area contributed by atoms with Crippen LogP contribution in [-0.2, 0) is 0 Å². The molecular weight excluding hydrogens is 146 g/mol. The van der Waals surface area contributed by atoms with Crippen LogP contribution in [0.5, 0.6) is 0 Å². The first-order valence-corrected chi connectivity index (χ1v) is 5.10. The molecule has 2 rings (SSSR count). The van der Waals surface area contributed by atoms with Gasteiger partial charge in [-0.1, -0.05) is 20.8 Å². The van der Waals surface area contributed by atoms with Crippen LogP contribution in [0.2, 0.25) is 0 Å². The maximum absolute atomic E-state index is 2.44. The average molecular weight is 167 g/mol. The molecule has 0 aromatic heterocycles. The van der Waals surface area contributed by atoms with Gasteiger partial charge in [-0.3, -0.25) is 0 Å². The summed E-state index contributed by atoms with van der Waals surface area (Å²) in [5.74, 6) is 0.992. The predicted octanol–water partition coefficient (Wildman–Crippen LogP) is 2.37. The van der Waals surface area contributed by atoms with Gasteiger partial charge >= 0.3 is 0 Å². The largest absolute Gasteiger partial charge is 0.305 e.